The molecule has 1 aromatic heterocycles. The van der Waals surface area contributed by atoms with Gasteiger partial charge in [0, 0.05) is 28.9 Å². The summed E-state index contributed by atoms with van der Waals surface area (Å²) in [5.41, 5.74) is 1.06. The van der Waals surface area contributed by atoms with E-state index in [1.165, 1.54) is 24.4 Å². The number of carbonyl (C=O) groups is 2. The third-order valence-electron chi connectivity index (χ3n) is 3.56. The first-order valence-electron chi connectivity index (χ1n) is 7.23. The van der Waals surface area contributed by atoms with Crippen molar-refractivity contribution in [2.45, 2.75) is 0 Å². The number of anilines is 2. The van der Waals surface area contributed by atoms with Crippen LogP contribution in [0.4, 0.5) is 20.2 Å². The van der Waals surface area contributed by atoms with Gasteiger partial charge in [0.1, 0.15) is 0 Å². The summed E-state index contributed by atoms with van der Waals surface area (Å²) in [6.07, 6.45) is 6.62. The van der Waals surface area contributed by atoms with Crippen molar-refractivity contribution in [2.24, 2.45) is 0 Å². The van der Waals surface area contributed by atoms with Crippen molar-refractivity contribution in [2.75, 3.05) is 10.6 Å². The molecule has 2 aromatic carbocycles. The summed E-state index contributed by atoms with van der Waals surface area (Å²) < 4.78 is 26.6. The number of hydrogen-bond donors (Lipinski definition) is 3. The number of benzene rings is 2. The molecule has 0 saturated carbocycles. The minimum Gasteiger partial charge on any atom is -0.359 e. The molecular formula is C18H10ClF2N3O2. The van der Waals surface area contributed by atoms with Crippen LogP contribution in [0.1, 0.15) is 5.56 Å². The van der Waals surface area contributed by atoms with Crippen LogP contribution in [0.3, 0.4) is 0 Å². The Morgan fingerprint density at radius 2 is 1.77 bits per heavy atom. The van der Waals surface area contributed by atoms with Gasteiger partial charge < -0.3 is 15.6 Å². The van der Waals surface area contributed by atoms with Crippen LogP contribution in [0.2, 0.25) is 5.02 Å². The fourth-order valence-electron chi connectivity index (χ4n) is 2.30. The molecule has 0 unspecified atom stereocenters. The zero-order valence-corrected chi connectivity index (χ0v) is 13.7. The smallest absolute Gasteiger partial charge is 0.314 e. The van der Waals surface area contributed by atoms with Crippen molar-refractivity contribution in [1.82, 2.24) is 4.98 Å². The zero-order valence-electron chi connectivity index (χ0n) is 13.0. The molecule has 130 valence electrons. The number of terminal acetylenes is 1. The standard InChI is InChI=1S/C18H10ClF2N3O2/c1-2-9-5-10(3-4-12(9)19)23-17(25)18(26)24-16-8-22-15-7-14(21)13(20)6-11(15)16/h1,3-8,22H,(H,23,25)(H,24,26). The molecule has 3 rings (SSSR count). The van der Waals surface area contributed by atoms with E-state index in [0.29, 0.717) is 10.6 Å². The average Bonchev–Trinajstić information content (AvgIpc) is 2.98. The van der Waals surface area contributed by atoms with E-state index in [-0.39, 0.29) is 22.3 Å². The van der Waals surface area contributed by atoms with Gasteiger partial charge in [0.15, 0.2) is 11.6 Å². The summed E-state index contributed by atoms with van der Waals surface area (Å²) in [6.45, 7) is 0. The Morgan fingerprint density at radius 3 is 2.50 bits per heavy atom. The van der Waals surface area contributed by atoms with Crippen molar-refractivity contribution < 1.29 is 18.4 Å². The molecule has 0 fully saturated rings. The summed E-state index contributed by atoms with van der Waals surface area (Å²) in [5.74, 6) is -1.70. The minimum atomic E-state index is -1.07. The van der Waals surface area contributed by atoms with Crippen molar-refractivity contribution in [3.63, 3.8) is 0 Å². The lowest BCUT2D eigenvalue weighted by Gasteiger charge is -2.07. The predicted octanol–water partition coefficient (Wildman–Crippen LogP) is 3.66. The third kappa shape index (κ3) is 3.36. The molecule has 2 amide bonds. The molecule has 5 nitrogen and oxygen atoms in total. The number of halogens is 3. The Morgan fingerprint density at radius 1 is 1.08 bits per heavy atom. The molecule has 0 bridgehead atoms. The largest absolute Gasteiger partial charge is 0.359 e. The maximum Gasteiger partial charge on any atom is 0.314 e. The van der Waals surface area contributed by atoms with Crippen molar-refractivity contribution in [1.29, 1.82) is 0 Å². The molecule has 0 spiro atoms. The lowest BCUT2D eigenvalue weighted by molar-refractivity contribution is -0.132. The molecule has 0 atom stereocenters. The van der Waals surface area contributed by atoms with E-state index in [2.05, 4.69) is 21.5 Å². The van der Waals surface area contributed by atoms with E-state index >= 15 is 0 Å². The zero-order chi connectivity index (χ0) is 18.8. The van der Waals surface area contributed by atoms with Crippen molar-refractivity contribution >= 4 is 45.7 Å². The SMILES string of the molecule is C#Cc1cc(NC(=O)C(=O)Nc2c[nH]c3cc(F)c(F)cc23)ccc1Cl. The molecule has 0 saturated heterocycles. The highest BCUT2D eigenvalue weighted by atomic mass is 35.5. The van der Waals surface area contributed by atoms with Gasteiger partial charge in [0.05, 0.1) is 16.2 Å². The molecule has 8 heteroatoms. The highest BCUT2D eigenvalue weighted by molar-refractivity contribution is 6.44. The Kier molecular flexibility index (Phi) is 4.61. The third-order valence-corrected chi connectivity index (χ3v) is 3.89. The first-order chi connectivity index (χ1) is 12.4. The fourth-order valence-corrected chi connectivity index (χ4v) is 2.47. The normalized spacial score (nSPS) is 10.4. The summed E-state index contributed by atoms with van der Waals surface area (Å²) in [6, 6.07) is 6.29. The molecule has 0 radical (unpaired) electrons. The second-order valence-corrected chi connectivity index (χ2v) is 5.67. The van der Waals surface area contributed by atoms with Crippen LogP contribution >= 0.6 is 11.6 Å². The van der Waals surface area contributed by atoms with Crippen molar-refractivity contribution in [3.8, 4) is 12.3 Å². The molecule has 0 aliphatic heterocycles. The Balaban J connectivity index is 1.77. The van der Waals surface area contributed by atoms with Gasteiger partial charge in [-0.15, -0.1) is 6.42 Å². The number of fused-ring (bicyclic) bond motifs is 1. The molecular weight excluding hydrogens is 364 g/mol. The highest BCUT2D eigenvalue weighted by Crippen LogP contribution is 2.25. The predicted molar refractivity (Wildman–Crippen MR) is 94.9 cm³/mol. The van der Waals surface area contributed by atoms with Gasteiger partial charge >= 0.3 is 11.8 Å². The number of rotatable bonds is 2. The second-order valence-electron chi connectivity index (χ2n) is 5.26. The minimum absolute atomic E-state index is 0.138. The highest BCUT2D eigenvalue weighted by Gasteiger charge is 2.17. The number of nitrogens with one attached hydrogen (secondary N) is 3. The van der Waals surface area contributed by atoms with Crippen LogP contribution in [-0.2, 0) is 9.59 Å². The lowest BCUT2D eigenvalue weighted by Crippen LogP contribution is -2.29. The maximum absolute atomic E-state index is 13.4. The molecule has 26 heavy (non-hydrogen) atoms. The molecule has 3 aromatic rings. The number of amides is 2. The quantitative estimate of drug-likeness (QED) is 0.474. The summed E-state index contributed by atoms with van der Waals surface area (Å²) >= 11 is 5.87. The lowest BCUT2D eigenvalue weighted by atomic mass is 10.2. The number of aromatic nitrogens is 1. The van der Waals surface area contributed by atoms with E-state index < -0.39 is 23.4 Å². The fraction of sp³-hybridized carbons (Fsp3) is 0. The van der Waals surface area contributed by atoms with Gasteiger partial charge in [-0.1, -0.05) is 17.5 Å². The van der Waals surface area contributed by atoms with Gasteiger partial charge in [0.2, 0.25) is 0 Å². The Labute approximate surface area is 151 Å². The van der Waals surface area contributed by atoms with E-state index in [1.54, 1.807) is 0 Å². The van der Waals surface area contributed by atoms with E-state index in [4.69, 9.17) is 18.0 Å². The average molecular weight is 374 g/mol. The number of H-pyrrole nitrogens is 1. The van der Waals surface area contributed by atoms with E-state index in [0.717, 1.165) is 12.1 Å². The first-order valence-corrected chi connectivity index (χ1v) is 7.61. The number of aromatic amines is 1. The first kappa shape index (κ1) is 17.5. The number of carbonyl (C=O) groups excluding carboxylic acids is 2. The summed E-state index contributed by atoms with van der Waals surface area (Å²) in [4.78, 5) is 26.8. The number of hydrogen-bond acceptors (Lipinski definition) is 2. The summed E-state index contributed by atoms with van der Waals surface area (Å²) in [5, 5.41) is 5.27. The van der Waals surface area contributed by atoms with Crippen molar-refractivity contribution in [3.05, 3.63) is 58.7 Å². The van der Waals surface area contributed by atoms with Crippen LogP contribution in [0, 0.1) is 24.0 Å². The maximum atomic E-state index is 13.4. The topological polar surface area (TPSA) is 74.0 Å². The monoisotopic (exact) mass is 373 g/mol. The van der Waals surface area contributed by atoms with Gasteiger partial charge in [-0.05, 0) is 24.3 Å². The van der Waals surface area contributed by atoms with Crippen LogP contribution in [-0.4, -0.2) is 16.8 Å². The van der Waals surface area contributed by atoms with Gasteiger partial charge in [0.25, 0.3) is 0 Å². The van der Waals surface area contributed by atoms with Gasteiger partial charge in [-0.3, -0.25) is 9.59 Å². The molecule has 0 aliphatic rings. The van der Waals surface area contributed by atoms with Crippen LogP contribution in [0.15, 0.2) is 36.5 Å². The van der Waals surface area contributed by atoms with Crippen LogP contribution < -0.4 is 10.6 Å². The molecule has 0 aliphatic carbocycles. The molecule has 3 N–H and O–H groups in total. The van der Waals surface area contributed by atoms with E-state index in [9.17, 15) is 18.4 Å². The Bertz CT molecular complexity index is 1090. The Hall–Kier alpha value is -3.37. The van der Waals surface area contributed by atoms with Gasteiger partial charge in [-0.2, -0.15) is 0 Å². The van der Waals surface area contributed by atoms with Crippen LogP contribution in [0.5, 0.6) is 0 Å². The van der Waals surface area contributed by atoms with E-state index in [1.807, 2.05) is 0 Å². The van der Waals surface area contributed by atoms with Gasteiger partial charge in [-0.25, -0.2) is 8.78 Å². The second kappa shape index (κ2) is 6.86. The van der Waals surface area contributed by atoms with Crippen LogP contribution in [0.25, 0.3) is 10.9 Å². The molecule has 1 heterocycles. The summed E-state index contributed by atoms with van der Waals surface area (Å²) in [7, 11) is 0.